The molecule has 0 spiro atoms. The molecule has 0 nitrogen and oxygen atoms in total. The molecular formula is C13H19B. The lowest BCUT2D eigenvalue weighted by Gasteiger charge is -2.30. The molecule has 0 atom stereocenters. The standard InChI is InChI=1S/C13H19B/c1-4-11-9-7-8-10-12(11)13(14,5-2)6-3/h7-10H,4-6H2,1-3H3. The molecule has 0 aliphatic heterocycles. The predicted octanol–water partition coefficient (Wildman–Crippen LogP) is 3.43. The average Bonchev–Trinajstić information content (AvgIpc) is 2.28. The van der Waals surface area contributed by atoms with Gasteiger partial charge < -0.3 is 0 Å². The quantitative estimate of drug-likeness (QED) is 0.632. The molecule has 0 bridgehead atoms. The third kappa shape index (κ3) is 2.02. The second-order valence-corrected chi connectivity index (χ2v) is 3.87. The molecule has 0 aromatic heterocycles. The predicted molar refractivity (Wildman–Crippen MR) is 63.8 cm³/mol. The van der Waals surface area contributed by atoms with Crippen LogP contribution in [0.15, 0.2) is 24.3 Å². The minimum absolute atomic E-state index is 0.132. The topological polar surface area (TPSA) is 0 Å². The summed E-state index contributed by atoms with van der Waals surface area (Å²) in [7, 11) is 6.39. The third-order valence-electron chi connectivity index (χ3n) is 3.20. The molecule has 1 rings (SSSR count). The fraction of sp³-hybridized carbons (Fsp3) is 0.538. The second-order valence-electron chi connectivity index (χ2n) is 3.87. The molecule has 0 aliphatic rings. The van der Waals surface area contributed by atoms with Crippen molar-refractivity contribution >= 4 is 7.85 Å². The van der Waals surface area contributed by atoms with Gasteiger partial charge in [0, 0.05) is 0 Å². The first-order valence-electron chi connectivity index (χ1n) is 5.55. The fourth-order valence-electron chi connectivity index (χ4n) is 1.95. The zero-order valence-electron chi connectivity index (χ0n) is 9.51. The van der Waals surface area contributed by atoms with E-state index in [1.165, 1.54) is 11.1 Å². The molecule has 0 unspecified atom stereocenters. The fourth-order valence-corrected chi connectivity index (χ4v) is 1.95. The summed E-state index contributed by atoms with van der Waals surface area (Å²) in [4.78, 5) is 0. The first kappa shape index (κ1) is 11.4. The van der Waals surface area contributed by atoms with E-state index in [0.717, 1.165) is 19.3 Å². The normalized spacial score (nSPS) is 11.6. The van der Waals surface area contributed by atoms with Crippen LogP contribution in [0.25, 0.3) is 0 Å². The van der Waals surface area contributed by atoms with Gasteiger partial charge in [0.15, 0.2) is 0 Å². The van der Waals surface area contributed by atoms with E-state index in [0.29, 0.717) is 0 Å². The molecule has 0 saturated heterocycles. The first-order valence-corrected chi connectivity index (χ1v) is 5.55. The molecule has 74 valence electrons. The largest absolute Gasteiger partial charge is 0.0810 e. The Morgan fingerprint density at radius 1 is 1.07 bits per heavy atom. The summed E-state index contributed by atoms with van der Waals surface area (Å²) in [6.45, 7) is 6.51. The van der Waals surface area contributed by atoms with Crippen LogP contribution in [-0.4, -0.2) is 7.85 Å². The summed E-state index contributed by atoms with van der Waals surface area (Å²) in [6.07, 6.45) is 3.07. The van der Waals surface area contributed by atoms with Crippen molar-refractivity contribution in [3.8, 4) is 0 Å². The summed E-state index contributed by atoms with van der Waals surface area (Å²) in [5.41, 5.74) is 2.71. The minimum Gasteiger partial charge on any atom is -0.0653 e. The van der Waals surface area contributed by atoms with E-state index in [2.05, 4.69) is 45.0 Å². The van der Waals surface area contributed by atoms with Crippen molar-refractivity contribution in [3.63, 3.8) is 0 Å². The van der Waals surface area contributed by atoms with Crippen molar-refractivity contribution in [1.82, 2.24) is 0 Å². The monoisotopic (exact) mass is 186 g/mol. The molecule has 1 aromatic carbocycles. The minimum atomic E-state index is -0.132. The van der Waals surface area contributed by atoms with Gasteiger partial charge in [-0.2, -0.15) is 0 Å². The average molecular weight is 186 g/mol. The van der Waals surface area contributed by atoms with Crippen molar-refractivity contribution in [2.45, 2.75) is 45.3 Å². The zero-order valence-corrected chi connectivity index (χ0v) is 9.51. The number of benzene rings is 1. The van der Waals surface area contributed by atoms with E-state index < -0.39 is 0 Å². The smallest absolute Gasteiger partial charge is 0.0653 e. The highest BCUT2D eigenvalue weighted by atomic mass is 14.2. The van der Waals surface area contributed by atoms with Crippen LogP contribution >= 0.6 is 0 Å². The van der Waals surface area contributed by atoms with Crippen LogP contribution in [0.3, 0.4) is 0 Å². The Hall–Kier alpha value is -0.715. The van der Waals surface area contributed by atoms with Crippen molar-refractivity contribution in [1.29, 1.82) is 0 Å². The van der Waals surface area contributed by atoms with E-state index in [1.807, 2.05) is 0 Å². The number of rotatable bonds is 4. The molecule has 0 N–H and O–H groups in total. The molecule has 1 heteroatoms. The number of hydrogen-bond donors (Lipinski definition) is 0. The van der Waals surface area contributed by atoms with Gasteiger partial charge in [-0.25, -0.2) is 0 Å². The molecule has 0 heterocycles. The van der Waals surface area contributed by atoms with Crippen molar-refractivity contribution in [2.24, 2.45) is 0 Å². The summed E-state index contributed by atoms with van der Waals surface area (Å²) in [5.74, 6) is 0. The number of aryl methyl sites for hydroxylation is 1. The van der Waals surface area contributed by atoms with Gasteiger partial charge in [0.25, 0.3) is 0 Å². The Bertz CT molecular complexity index is 287. The Labute approximate surface area is 89.1 Å². The zero-order chi connectivity index (χ0) is 10.6. The van der Waals surface area contributed by atoms with Gasteiger partial charge in [-0.3, -0.25) is 0 Å². The third-order valence-corrected chi connectivity index (χ3v) is 3.20. The molecular weight excluding hydrogens is 167 g/mol. The van der Waals surface area contributed by atoms with E-state index in [4.69, 9.17) is 7.85 Å². The van der Waals surface area contributed by atoms with Crippen molar-refractivity contribution in [3.05, 3.63) is 35.4 Å². The highest BCUT2D eigenvalue weighted by Crippen LogP contribution is 2.30. The van der Waals surface area contributed by atoms with E-state index in [-0.39, 0.29) is 5.31 Å². The maximum atomic E-state index is 6.39. The van der Waals surface area contributed by atoms with Crippen LogP contribution in [0.2, 0.25) is 0 Å². The number of hydrogen-bond acceptors (Lipinski definition) is 0. The summed E-state index contributed by atoms with van der Waals surface area (Å²) in [6, 6.07) is 8.53. The highest BCUT2D eigenvalue weighted by Gasteiger charge is 2.23. The Balaban J connectivity index is 3.15. The summed E-state index contributed by atoms with van der Waals surface area (Å²) < 4.78 is 0. The maximum Gasteiger partial charge on any atom is 0.0810 e. The van der Waals surface area contributed by atoms with Gasteiger partial charge in [-0.1, -0.05) is 57.9 Å². The van der Waals surface area contributed by atoms with Crippen LogP contribution in [0.1, 0.15) is 44.7 Å². The molecule has 2 radical (unpaired) electrons. The van der Waals surface area contributed by atoms with Gasteiger partial charge in [-0.15, -0.1) is 0 Å². The Morgan fingerprint density at radius 3 is 2.14 bits per heavy atom. The van der Waals surface area contributed by atoms with Gasteiger partial charge in [0.05, 0.1) is 7.85 Å². The lowest BCUT2D eigenvalue weighted by atomic mass is 9.59. The maximum absolute atomic E-state index is 6.39. The van der Waals surface area contributed by atoms with Gasteiger partial charge in [0.2, 0.25) is 0 Å². The summed E-state index contributed by atoms with van der Waals surface area (Å²) >= 11 is 0. The molecule has 0 aliphatic carbocycles. The molecule has 1 aromatic rings. The molecule has 14 heavy (non-hydrogen) atoms. The SMILES string of the molecule is [B]C(CC)(CC)c1ccccc1CC. The van der Waals surface area contributed by atoms with Crippen LogP contribution in [0, 0.1) is 0 Å². The molecule has 0 saturated carbocycles. The first-order chi connectivity index (χ1) is 6.68. The Kier molecular flexibility index (Phi) is 3.80. The van der Waals surface area contributed by atoms with Gasteiger partial charge >= 0.3 is 0 Å². The van der Waals surface area contributed by atoms with Crippen LogP contribution in [-0.2, 0) is 11.7 Å². The van der Waals surface area contributed by atoms with E-state index in [1.54, 1.807) is 0 Å². The second kappa shape index (κ2) is 4.68. The van der Waals surface area contributed by atoms with Gasteiger partial charge in [-0.05, 0) is 22.9 Å². The molecule has 0 amide bonds. The van der Waals surface area contributed by atoms with E-state index >= 15 is 0 Å². The van der Waals surface area contributed by atoms with Crippen LogP contribution in [0.5, 0.6) is 0 Å². The van der Waals surface area contributed by atoms with E-state index in [9.17, 15) is 0 Å². The van der Waals surface area contributed by atoms with Crippen LogP contribution < -0.4 is 0 Å². The highest BCUT2D eigenvalue weighted by molar-refractivity contribution is 6.16. The van der Waals surface area contributed by atoms with Crippen LogP contribution in [0.4, 0.5) is 0 Å². The van der Waals surface area contributed by atoms with Gasteiger partial charge in [0.1, 0.15) is 0 Å². The summed E-state index contributed by atoms with van der Waals surface area (Å²) in [5, 5.41) is -0.132. The molecule has 0 fully saturated rings. The Morgan fingerprint density at radius 2 is 1.64 bits per heavy atom. The lowest BCUT2D eigenvalue weighted by molar-refractivity contribution is 0.560. The van der Waals surface area contributed by atoms with Crippen molar-refractivity contribution in [2.75, 3.05) is 0 Å². The van der Waals surface area contributed by atoms with Crippen molar-refractivity contribution < 1.29 is 0 Å². The lowest BCUT2D eigenvalue weighted by Crippen LogP contribution is -2.25.